The first-order valence-corrected chi connectivity index (χ1v) is 6.30. The van der Waals surface area contributed by atoms with Crippen LogP contribution >= 0.6 is 0 Å². The Kier molecular flexibility index (Phi) is 4.02. The Labute approximate surface area is 116 Å². The molecule has 1 unspecified atom stereocenters. The number of primary amides is 1. The van der Waals surface area contributed by atoms with Crippen molar-refractivity contribution in [3.63, 3.8) is 0 Å². The summed E-state index contributed by atoms with van der Waals surface area (Å²) >= 11 is 0. The summed E-state index contributed by atoms with van der Waals surface area (Å²) in [5.41, 5.74) is 5.97. The second kappa shape index (κ2) is 5.73. The summed E-state index contributed by atoms with van der Waals surface area (Å²) in [4.78, 5) is 36.2. The van der Waals surface area contributed by atoms with Gasteiger partial charge in [-0.25, -0.2) is 0 Å². The number of hydrogen-bond acceptors (Lipinski definition) is 4. The maximum Gasteiger partial charge on any atom is 0.310 e. The van der Waals surface area contributed by atoms with Crippen LogP contribution in [0.15, 0.2) is 24.3 Å². The summed E-state index contributed by atoms with van der Waals surface area (Å²) in [6, 6.07) is 6.16. The van der Waals surface area contributed by atoms with Crippen molar-refractivity contribution in [3.05, 3.63) is 35.4 Å². The fourth-order valence-electron chi connectivity index (χ4n) is 2.26. The predicted molar refractivity (Wildman–Crippen MR) is 71.0 cm³/mol. The number of nitrogens with zero attached hydrogens (tertiary/aromatic N) is 1. The van der Waals surface area contributed by atoms with Gasteiger partial charge < -0.3 is 15.4 Å². The number of esters is 1. The molecule has 0 saturated carbocycles. The van der Waals surface area contributed by atoms with Crippen molar-refractivity contribution in [2.24, 2.45) is 11.7 Å². The molecule has 1 fully saturated rings. The van der Waals surface area contributed by atoms with Gasteiger partial charge in [0.25, 0.3) is 5.91 Å². The van der Waals surface area contributed by atoms with Crippen molar-refractivity contribution in [3.8, 4) is 0 Å². The number of carbonyl (C=O) groups excluding carboxylic acids is 3. The van der Waals surface area contributed by atoms with Gasteiger partial charge in [0, 0.05) is 24.2 Å². The van der Waals surface area contributed by atoms with E-state index in [1.807, 2.05) is 0 Å². The molecule has 1 saturated heterocycles. The lowest BCUT2D eigenvalue weighted by Gasteiger charge is -2.16. The van der Waals surface area contributed by atoms with E-state index in [2.05, 4.69) is 4.74 Å². The van der Waals surface area contributed by atoms with Crippen molar-refractivity contribution in [2.75, 3.05) is 20.2 Å². The Morgan fingerprint density at radius 2 is 1.80 bits per heavy atom. The summed E-state index contributed by atoms with van der Waals surface area (Å²) in [7, 11) is 1.34. The third-order valence-corrected chi connectivity index (χ3v) is 3.43. The molecule has 1 aliphatic heterocycles. The molecular weight excluding hydrogens is 260 g/mol. The zero-order chi connectivity index (χ0) is 14.7. The van der Waals surface area contributed by atoms with Gasteiger partial charge in [0.2, 0.25) is 5.91 Å². The monoisotopic (exact) mass is 276 g/mol. The lowest BCUT2D eigenvalue weighted by Crippen LogP contribution is -2.30. The average Bonchev–Trinajstić information content (AvgIpc) is 2.95. The van der Waals surface area contributed by atoms with Crippen molar-refractivity contribution >= 4 is 17.8 Å². The smallest absolute Gasteiger partial charge is 0.310 e. The molecule has 1 heterocycles. The molecule has 1 aromatic rings. The minimum absolute atomic E-state index is 0.160. The van der Waals surface area contributed by atoms with E-state index in [0.717, 1.165) is 0 Å². The van der Waals surface area contributed by atoms with E-state index < -0.39 is 5.91 Å². The molecule has 0 aromatic heterocycles. The number of hydrogen-bond donors (Lipinski definition) is 1. The number of likely N-dealkylation sites (tertiary alicyclic amines) is 1. The van der Waals surface area contributed by atoms with Crippen LogP contribution in [0.4, 0.5) is 0 Å². The van der Waals surface area contributed by atoms with Gasteiger partial charge in [0.1, 0.15) is 0 Å². The number of methoxy groups -OCH3 is 1. The number of benzene rings is 1. The average molecular weight is 276 g/mol. The van der Waals surface area contributed by atoms with Crippen LogP contribution in [0.25, 0.3) is 0 Å². The second-order valence-electron chi connectivity index (χ2n) is 4.70. The molecule has 2 rings (SSSR count). The van der Waals surface area contributed by atoms with Crippen molar-refractivity contribution < 1.29 is 19.1 Å². The third kappa shape index (κ3) is 2.79. The van der Waals surface area contributed by atoms with E-state index in [4.69, 9.17) is 5.73 Å². The molecule has 6 nitrogen and oxygen atoms in total. The van der Waals surface area contributed by atoms with Gasteiger partial charge in [-0.15, -0.1) is 0 Å². The van der Waals surface area contributed by atoms with Crippen LogP contribution in [0.3, 0.4) is 0 Å². The van der Waals surface area contributed by atoms with Gasteiger partial charge in [0.15, 0.2) is 0 Å². The minimum atomic E-state index is -0.532. The van der Waals surface area contributed by atoms with Crippen LogP contribution in [-0.4, -0.2) is 42.9 Å². The highest BCUT2D eigenvalue weighted by Gasteiger charge is 2.32. The molecule has 1 atom stereocenters. The zero-order valence-electron chi connectivity index (χ0n) is 11.2. The highest BCUT2D eigenvalue weighted by molar-refractivity contribution is 5.97. The molecule has 2 N–H and O–H groups in total. The highest BCUT2D eigenvalue weighted by atomic mass is 16.5. The lowest BCUT2D eigenvalue weighted by molar-refractivity contribution is -0.144. The molecule has 0 bridgehead atoms. The van der Waals surface area contributed by atoms with Crippen LogP contribution in [0.1, 0.15) is 27.1 Å². The van der Waals surface area contributed by atoms with E-state index in [1.54, 1.807) is 17.0 Å². The second-order valence-corrected chi connectivity index (χ2v) is 4.70. The normalized spacial score (nSPS) is 17.9. The van der Waals surface area contributed by atoms with E-state index in [-0.39, 0.29) is 17.8 Å². The van der Waals surface area contributed by atoms with Gasteiger partial charge >= 0.3 is 5.97 Å². The topological polar surface area (TPSA) is 89.7 Å². The number of rotatable bonds is 3. The SMILES string of the molecule is COC(=O)C1CCN(C(=O)c2ccc(C(N)=O)cc2)C1. The van der Waals surface area contributed by atoms with Gasteiger partial charge in [-0.1, -0.05) is 0 Å². The summed E-state index contributed by atoms with van der Waals surface area (Å²) in [6.07, 6.45) is 0.609. The van der Waals surface area contributed by atoms with Crippen LogP contribution in [0, 0.1) is 5.92 Å². The standard InChI is InChI=1S/C14H16N2O4/c1-20-14(19)11-6-7-16(8-11)13(18)10-4-2-9(3-5-10)12(15)17/h2-5,11H,6-8H2,1H3,(H2,15,17). The van der Waals surface area contributed by atoms with Gasteiger partial charge in [-0.05, 0) is 30.7 Å². The van der Waals surface area contributed by atoms with Crippen LogP contribution in [0.2, 0.25) is 0 Å². The molecule has 106 valence electrons. The van der Waals surface area contributed by atoms with Crippen LogP contribution < -0.4 is 5.73 Å². The Bertz CT molecular complexity index is 539. The number of ether oxygens (including phenoxy) is 1. The first-order valence-electron chi connectivity index (χ1n) is 6.30. The van der Waals surface area contributed by atoms with Gasteiger partial charge in [0.05, 0.1) is 13.0 Å². The van der Waals surface area contributed by atoms with Crippen molar-refractivity contribution in [1.82, 2.24) is 4.90 Å². The molecule has 0 aliphatic carbocycles. The molecule has 1 aliphatic rings. The summed E-state index contributed by atoms with van der Waals surface area (Å²) in [5.74, 6) is -1.23. The predicted octanol–water partition coefficient (Wildman–Crippen LogP) is 0.421. The quantitative estimate of drug-likeness (QED) is 0.810. The molecule has 0 spiro atoms. The minimum Gasteiger partial charge on any atom is -0.469 e. The fourth-order valence-corrected chi connectivity index (χ4v) is 2.26. The van der Waals surface area contributed by atoms with Crippen molar-refractivity contribution in [2.45, 2.75) is 6.42 Å². The summed E-state index contributed by atoms with van der Waals surface area (Å²) in [5, 5.41) is 0. The van der Waals surface area contributed by atoms with Crippen LogP contribution in [0.5, 0.6) is 0 Å². The lowest BCUT2D eigenvalue weighted by atomic mass is 10.1. The molecule has 0 radical (unpaired) electrons. The Balaban J connectivity index is 2.05. The highest BCUT2D eigenvalue weighted by Crippen LogP contribution is 2.20. The molecule has 1 aromatic carbocycles. The Hall–Kier alpha value is -2.37. The zero-order valence-corrected chi connectivity index (χ0v) is 11.2. The maximum absolute atomic E-state index is 12.2. The van der Waals surface area contributed by atoms with E-state index in [1.165, 1.54) is 19.2 Å². The van der Waals surface area contributed by atoms with Gasteiger partial charge in [-0.2, -0.15) is 0 Å². The molecule has 2 amide bonds. The van der Waals surface area contributed by atoms with Crippen molar-refractivity contribution in [1.29, 1.82) is 0 Å². The first-order chi connectivity index (χ1) is 9.52. The third-order valence-electron chi connectivity index (χ3n) is 3.43. The summed E-state index contributed by atoms with van der Waals surface area (Å²) in [6.45, 7) is 0.888. The largest absolute Gasteiger partial charge is 0.469 e. The molecule has 20 heavy (non-hydrogen) atoms. The Morgan fingerprint density at radius 3 is 2.35 bits per heavy atom. The number of nitrogens with two attached hydrogens (primary N) is 1. The van der Waals surface area contributed by atoms with E-state index in [0.29, 0.717) is 30.6 Å². The van der Waals surface area contributed by atoms with E-state index in [9.17, 15) is 14.4 Å². The fraction of sp³-hybridized carbons (Fsp3) is 0.357. The number of amides is 2. The number of carbonyl (C=O) groups is 3. The van der Waals surface area contributed by atoms with Gasteiger partial charge in [-0.3, -0.25) is 14.4 Å². The molecule has 6 heteroatoms. The van der Waals surface area contributed by atoms with E-state index >= 15 is 0 Å². The first kappa shape index (κ1) is 14.0. The Morgan fingerprint density at radius 1 is 1.20 bits per heavy atom. The van der Waals surface area contributed by atoms with Crippen LogP contribution in [-0.2, 0) is 9.53 Å². The molecular formula is C14H16N2O4. The summed E-state index contributed by atoms with van der Waals surface area (Å²) < 4.78 is 4.68. The maximum atomic E-state index is 12.2.